The van der Waals surface area contributed by atoms with E-state index in [2.05, 4.69) is 33.4 Å². The van der Waals surface area contributed by atoms with Gasteiger partial charge >= 0.3 is 0 Å². The second-order valence-electron chi connectivity index (χ2n) is 5.16. The van der Waals surface area contributed by atoms with Gasteiger partial charge in [-0.2, -0.15) is 0 Å². The third kappa shape index (κ3) is 2.80. The summed E-state index contributed by atoms with van der Waals surface area (Å²) in [5, 5.41) is 0. The molecule has 84 valence electrons. The highest BCUT2D eigenvalue weighted by molar-refractivity contribution is 5.96. The van der Waals surface area contributed by atoms with Crippen LogP contribution in [0.2, 0.25) is 0 Å². The fourth-order valence-corrected chi connectivity index (χ4v) is 2.15. The van der Waals surface area contributed by atoms with Gasteiger partial charge in [0.2, 0.25) is 0 Å². The van der Waals surface area contributed by atoms with Crippen molar-refractivity contribution in [3.63, 3.8) is 0 Å². The molecule has 1 heteroatoms. The van der Waals surface area contributed by atoms with Gasteiger partial charge in [-0.3, -0.25) is 4.79 Å². The van der Waals surface area contributed by atoms with E-state index in [4.69, 9.17) is 0 Å². The number of hydrogen-bond donors (Lipinski definition) is 0. The largest absolute Gasteiger partial charge is 0.295 e. The summed E-state index contributed by atoms with van der Waals surface area (Å²) < 4.78 is 0. The van der Waals surface area contributed by atoms with Crippen LogP contribution >= 0.6 is 0 Å². The van der Waals surface area contributed by atoms with E-state index in [1.54, 1.807) is 0 Å². The Labute approximate surface area is 93.3 Å². The Kier molecular flexibility index (Phi) is 3.90. The molecule has 1 rings (SSSR count). The van der Waals surface area contributed by atoms with Crippen LogP contribution in [0.4, 0.5) is 0 Å². The fraction of sp³-hybridized carbons (Fsp3) is 0.643. The van der Waals surface area contributed by atoms with Gasteiger partial charge in [0.25, 0.3) is 0 Å². The van der Waals surface area contributed by atoms with Crippen LogP contribution in [0.15, 0.2) is 24.3 Å². The average molecular weight is 206 g/mol. The lowest BCUT2D eigenvalue weighted by molar-refractivity contribution is -0.116. The molecule has 0 aromatic carbocycles. The van der Waals surface area contributed by atoms with E-state index in [0.717, 1.165) is 18.4 Å². The van der Waals surface area contributed by atoms with Gasteiger partial charge < -0.3 is 0 Å². The van der Waals surface area contributed by atoms with Crippen molar-refractivity contribution in [2.24, 2.45) is 11.3 Å². The molecular formula is C14H22O. The summed E-state index contributed by atoms with van der Waals surface area (Å²) in [5.41, 5.74) is 1.32. The van der Waals surface area contributed by atoms with Crippen molar-refractivity contribution in [1.82, 2.24) is 0 Å². The molecule has 0 N–H and O–H groups in total. The number of allylic oxidation sites excluding steroid dienone is 3. The molecule has 0 aromatic heterocycles. The molecule has 0 saturated heterocycles. The van der Waals surface area contributed by atoms with Gasteiger partial charge in [0, 0.05) is 6.42 Å². The Morgan fingerprint density at radius 2 is 2.33 bits per heavy atom. The van der Waals surface area contributed by atoms with Crippen molar-refractivity contribution in [1.29, 1.82) is 0 Å². The topological polar surface area (TPSA) is 17.1 Å². The zero-order valence-electron chi connectivity index (χ0n) is 10.2. The Hall–Kier alpha value is -0.850. The molecule has 1 atom stereocenters. The van der Waals surface area contributed by atoms with Crippen molar-refractivity contribution in [2.75, 3.05) is 0 Å². The van der Waals surface area contributed by atoms with E-state index < -0.39 is 0 Å². The van der Waals surface area contributed by atoms with Crippen LogP contribution in [0.1, 0.15) is 46.5 Å². The quantitative estimate of drug-likeness (QED) is 0.637. The second-order valence-corrected chi connectivity index (χ2v) is 5.16. The van der Waals surface area contributed by atoms with Crippen molar-refractivity contribution in [2.45, 2.75) is 46.5 Å². The molecule has 15 heavy (non-hydrogen) atoms. The SMILES string of the molecule is C=CCCC(=O)C1=CCCC(C)(C)C1C. The standard InChI is InChI=1S/C14H22O/c1-5-6-9-13(15)12-8-7-10-14(3,4)11(12)2/h5,8,11H,1,6-7,9-10H2,2-4H3. The van der Waals surface area contributed by atoms with Gasteiger partial charge in [-0.25, -0.2) is 0 Å². The van der Waals surface area contributed by atoms with Gasteiger partial charge in [0.1, 0.15) is 0 Å². The molecule has 1 nitrogen and oxygen atoms in total. The molecule has 0 aliphatic heterocycles. The van der Waals surface area contributed by atoms with Crippen LogP contribution in [0.5, 0.6) is 0 Å². The molecule has 0 saturated carbocycles. The number of hydrogen-bond acceptors (Lipinski definition) is 1. The molecule has 1 aliphatic carbocycles. The zero-order valence-corrected chi connectivity index (χ0v) is 10.2. The number of Topliss-reactive ketones (excluding diaryl/α,β-unsaturated/α-hetero) is 1. The van der Waals surface area contributed by atoms with E-state index in [9.17, 15) is 4.79 Å². The Bertz CT molecular complexity index is 284. The maximum absolute atomic E-state index is 11.9. The Morgan fingerprint density at radius 1 is 1.67 bits per heavy atom. The molecule has 0 radical (unpaired) electrons. The van der Waals surface area contributed by atoms with Crippen LogP contribution in [0, 0.1) is 11.3 Å². The minimum absolute atomic E-state index is 0.272. The van der Waals surface area contributed by atoms with E-state index in [0.29, 0.717) is 18.1 Å². The van der Waals surface area contributed by atoms with Crippen LogP contribution in [-0.4, -0.2) is 5.78 Å². The summed E-state index contributed by atoms with van der Waals surface area (Å²) in [6.45, 7) is 10.3. The number of ketones is 1. The fourth-order valence-electron chi connectivity index (χ4n) is 2.15. The third-order valence-electron chi connectivity index (χ3n) is 3.69. The van der Waals surface area contributed by atoms with Crippen molar-refractivity contribution >= 4 is 5.78 Å². The van der Waals surface area contributed by atoms with Gasteiger partial charge in [0.15, 0.2) is 5.78 Å². The van der Waals surface area contributed by atoms with Crippen LogP contribution in [-0.2, 0) is 4.79 Å². The molecular weight excluding hydrogens is 184 g/mol. The highest BCUT2D eigenvalue weighted by Crippen LogP contribution is 2.41. The zero-order chi connectivity index (χ0) is 11.5. The first-order chi connectivity index (χ1) is 6.99. The molecule has 0 amide bonds. The monoisotopic (exact) mass is 206 g/mol. The molecule has 1 unspecified atom stereocenters. The van der Waals surface area contributed by atoms with Crippen LogP contribution < -0.4 is 0 Å². The maximum Gasteiger partial charge on any atom is 0.159 e. The summed E-state index contributed by atoms with van der Waals surface area (Å²) in [5.74, 6) is 0.707. The van der Waals surface area contributed by atoms with Gasteiger partial charge in [-0.05, 0) is 36.2 Å². The predicted octanol–water partition coefficient (Wildman–Crippen LogP) is 3.90. The van der Waals surface area contributed by atoms with Gasteiger partial charge in [-0.15, -0.1) is 6.58 Å². The summed E-state index contributed by atoms with van der Waals surface area (Å²) in [4.78, 5) is 11.9. The summed E-state index contributed by atoms with van der Waals surface area (Å²) >= 11 is 0. The first kappa shape index (κ1) is 12.2. The first-order valence-corrected chi connectivity index (χ1v) is 5.83. The summed E-state index contributed by atoms with van der Waals surface area (Å²) in [7, 11) is 0. The number of carbonyl (C=O) groups is 1. The summed E-state index contributed by atoms with van der Waals surface area (Å²) in [6, 6.07) is 0. The lowest BCUT2D eigenvalue weighted by Gasteiger charge is -2.36. The molecule has 0 bridgehead atoms. The van der Waals surface area contributed by atoms with E-state index in [1.807, 2.05) is 6.08 Å². The van der Waals surface area contributed by atoms with Crippen LogP contribution in [0.25, 0.3) is 0 Å². The average Bonchev–Trinajstić information content (AvgIpc) is 2.18. The lowest BCUT2D eigenvalue weighted by atomic mass is 9.68. The van der Waals surface area contributed by atoms with E-state index >= 15 is 0 Å². The molecule has 1 aliphatic rings. The minimum Gasteiger partial charge on any atom is -0.295 e. The summed E-state index contributed by atoms with van der Waals surface area (Å²) in [6.07, 6.45) is 7.61. The lowest BCUT2D eigenvalue weighted by Crippen LogP contribution is -2.29. The second kappa shape index (κ2) is 4.78. The minimum atomic E-state index is 0.272. The molecule has 0 aromatic rings. The third-order valence-corrected chi connectivity index (χ3v) is 3.69. The molecule has 0 fully saturated rings. The van der Waals surface area contributed by atoms with Crippen LogP contribution in [0.3, 0.4) is 0 Å². The highest BCUT2D eigenvalue weighted by Gasteiger charge is 2.33. The maximum atomic E-state index is 11.9. The number of carbonyl (C=O) groups excluding carboxylic acids is 1. The Morgan fingerprint density at radius 3 is 2.93 bits per heavy atom. The highest BCUT2D eigenvalue weighted by atomic mass is 16.1. The van der Waals surface area contributed by atoms with Crippen molar-refractivity contribution in [3.8, 4) is 0 Å². The molecule has 0 spiro atoms. The molecule has 0 heterocycles. The first-order valence-electron chi connectivity index (χ1n) is 5.83. The smallest absolute Gasteiger partial charge is 0.159 e. The normalized spacial score (nSPS) is 24.5. The predicted molar refractivity (Wildman–Crippen MR) is 64.7 cm³/mol. The van der Waals surface area contributed by atoms with Crippen molar-refractivity contribution in [3.05, 3.63) is 24.3 Å². The van der Waals surface area contributed by atoms with Crippen molar-refractivity contribution < 1.29 is 4.79 Å². The Balaban J connectivity index is 2.73. The number of rotatable bonds is 4. The van der Waals surface area contributed by atoms with Gasteiger partial charge in [-0.1, -0.05) is 32.9 Å². The van der Waals surface area contributed by atoms with Gasteiger partial charge in [0.05, 0.1) is 0 Å². The van der Waals surface area contributed by atoms with E-state index in [-0.39, 0.29) is 5.41 Å². The van der Waals surface area contributed by atoms with E-state index in [1.165, 1.54) is 6.42 Å².